The summed E-state index contributed by atoms with van der Waals surface area (Å²) in [6.07, 6.45) is 4.31. The maximum atomic E-state index is 13.0. The molecule has 23 heavy (non-hydrogen) atoms. The summed E-state index contributed by atoms with van der Waals surface area (Å²) in [5.74, 6) is 0.491. The van der Waals surface area contributed by atoms with E-state index in [1.165, 1.54) is 22.8 Å². The second-order valence-corrected chi connectivity index (χ2v) is 6.92. The molecule has 0 saturated carbocycles. The van der Waals surface area contributed by atoms with Crippen LogP contribution in [-0.4, -0.2) is 36.7 Å². The molecule has 118 valence electrons. The molecule has 0 spiro atoms. The van der Waals surface area contributed by atoms with Crippen molar-refractivity contribution in [2.24, 2.45) is 0 Å². The fourth-order valence-corrected chi connectivity index (χ4v) is 3.90. The number of hydrogen-bond donors (Lipinski definition) is 0. The topological polar surface area (TPSA) is 98.4 Å². The predicted octanol–water partition coefficient (Wildman–Crippen LogP) is 1.51. The first-order valence-corrected chi connectivity index (χ1v) is 8.33. The van der Waals surface area contributed by atoms with E-state index < -0.39 is 10.0 Å². The first-order chi connectivity index (χ1) is 11.1. The lowest BCUT2D eigenvalue weighted by Gasteiger charge is -2.29. The van der Waals surface area contributed by atoms with Gasteiger partial charge in [-0.3, -0.25) is 9.29 Å². The minimum atomic E-state index is -3.78. The minimum absolute atomic E-state index is 0.0769. The Morgan fingerprint density at radius 3 is 3.04 bits per heavy atom. The van der Waals surface area contributed by atoms with Crippen LogP contribution in [0, 0.1) is 6.92 Å². The van der Waals surface area contributed by atoms with Crippen LogP contribution in [0.1, 0.15) is 5.69 Å². The van der Waals surface area contributed by atoms with E-state index in [0.29, 0.717) is 28.2 Å². The maximum Gasteiger partial charge on any atom is 0.266 e. The highest BCUT2D eigenvalue weighted by atomic mass is 32.2. The summed E-state index contributed by atoms with van der Waals surface area (Å²) < 4.78 is 37.7. The number of anilines is 1. The second kappa shape index (κ2) is 4.92. The van der Waals surface area contributed by atoms with E-state index in [1.54, 1.807) is 19.2 Å². The van der Waals surface area contributed by atoms with Crippen LogP contribution < -0.4 is 9.04 Å². The lowest BCUT2D eigenvalue weighted by molar-refractivity contribution is 0.315. The van der Waals surface area contributed by atoms with Gasteiger partial charge in [-0.2, -0.15) is 0 Å². The molecule has 1 aliphatic heterocycles. The summed E-state index contributed by atoms with van der Waals surface area (Å²) in [6.45, 7) is 2.22. The number of sulfonamides is 1. The Morgan fingerprint density at radius 1 is 1.30 bits per heavy atom. The molecule has 9 heteroatoms. The molecule has 0 fully saturated rings. The van der Waals surface area contributed by atoms with Crippen molar-refractivity contribution in [3.63, 3.8) is 0 Å². The van der Waals surface area contributed by atoms with Gasteiger partial charge in [0.05, 0.1) is 30.0 Å². The fourth-order valence-electron chi connectivity index (χ4n) is 2.49. The van der Waals surface area contributed by atoms with E-state index in [9.17, 15) is 8.42 Å². The summed E-state index contributed by atoms with van der Waals surface area (Å²) in [5.41, 5.74) is 1.32. The molecule has 0 N–H and O–H groups in total. The molecular formula is C14H12N4O4S. The van der Waals surface area contributed by atoms with E-state index in [-0.39, 0.29) is 18.0 Å². The quantitative estimate of drug-likeness (QED) is 0.701. The van der Waals surface area contributed by atoms with E-state index in [4.69, 9.17) is 9.26 Å². The molecule has 0 aromatic carbocycles. The molecule has 0 bridgehead atoms. The molecular weight excluding hydrogens is 320 g/mol. The molecule has 3 aromatic rings. The van der Waals surface area contributed by atoms with Crippen LogP contribution in [0.15, 0.2) is 40.1 Å². The normalized spacial score (nSPS) is 14.6. The van der Waals surface area contributed by atoms with Gasteiger partial charge in [0.25, 0.3) is 15.7 Å². The molecule has 4 rings (SSSR count). The Balaban J connectivity index is 1.85. The summed E-state index contributed by atoms with van der Waals surface area (Å²) in [6, 6.07) is 3.16. The number of ether oxygens (including phenoxy) is 1. The smallest absolute Gasteiger partial charge is 0.266 e. The van der Waals surface area contributed by atoms with Crippen LogP contribution in [0.2, 0.25) is 0 Å². The number of fused-ring (bicyclic) bond motifs is 2. The lowest BCUT2D eigenvalue weighted by atomic mass is 10.3. The first-order valence-electron chi connectivity index (χ1n) is 6.89. The van der Waals surface area contributed by atoms with Gasteiger partial charge in [0.15, 0.2) is 0 Å². The Hall–Kier alpha value is -2.68. The van der Waals surface area contributed by atoms with Crippen LogP contribution in [0.25, 0.3) is 11.1 Å². The third kappa shape index (κ3) is 2.12. The van der Waals surface area contributed by atoms with Crippen LogP contribution in [0.3, 0.4) is 0 Å². The molecule has 8 nitrogen and oxygen atoms in total. The van der Waals surface area contributed by atoms with Crippen molar-refractivity contribution in [3.05, 3.63) is 36.4 Å². The van der Waals surface area contributed by atoms with Gasteiger partial charge in [-0.05, 0) is 13.0 Å². The van der Waals surface area contributed by atoms with E-state index in [0.717, 1.165) is 0 Å². The van der Waals surface area contributed by atoms with Crippen molar-refractivity contribution in [3.8, 4) is 5.75 Å². The number of aryl methyl sites for hydroxylation is 1. The molecule has 3 aromatic heterocycles. The minimum Gasteiger partial charge on any atom is -0.489 e. The van der Waals surface area contributed by atoms with Crippen molar-refractivity contribution < 1.29 is 17.7 Å². The third-order valence-corrected chi connectivity index (χ3v) is 5.43. The lowest BCUT2D eigenvalue weighted by Crippen LogP contribution is -2.38. The summed E-state index contributed by atoms with van der Waals surface area (Å²) in [7, 11) is -3.78. The van der Waals surface area contributed by atoms with E-state index in [2.05, 4.69) is 15.1 Å². The van der Waals surface area contributed by atoms with Gasteiger partial charge < -0.3 is 9.26 Å². The van der Waals surface area contributed by atoms with Crippen LogP contribution >= 0.6 is 0 Å². The fraction of sp³-hybridized carbons (Fsp3) is 0.214. The van der Waals surface area contributed by atoms with Gasteiger partial charge in [0, 0.05) is 12.3 Å². The number of rotatable bonds is 2. The Kier molecular flexibility index (Phi) is 2.98. The summed E-state index contributed by atoms with van der Waals surface area (Å²) in [4.78, 5) is 8.10. The highest BCUT2D eigenvalue weighted by Crippen LogP contribution is 2.34. The zero-order valence-electron chi connectivity index (χ0n) is 12.1. The monoisotopic (exact) mass is 332 g/mol. The van der Waals surface area contributed by atoms with Crippen molar-refractivity contribution in [1.82, 2.24) is 15.1 Å². The highest BCUT2D eigenvalue weighted by Gasteiger charge is 2.31. The number of nitrogens with zero attached hydrogens (tertiary/aromatic N) is 4. The molecule has 1 aliphatic rings. The highest BCUT2D eigenvalue weighted by molar-refractivity contribution is 7.92. The zero-order valence-corrected chi connectivity index (χ0v) is 12.9. The standard InChI is InChI=1S/C14H12N4O4S/c1-9-11-6-10(7-16-14(11)22-17-9)23(19,20)18-4-5-21-13-2-3-15-8-12(13)18/h2-3,6-8H,4-5H2,1H3. The van der Waals surface area contributed by atoms with Gasteiger partial charge in [-0.1, -0.05) is 5.16 Å². The Morgan fingerprint density at radius 2 is 2.17 bits per heavy atom. The number of aromatic nitrogens is 3. The van der Waals surface area contributed by atoms with Gasteiger partial charge in [-0.25, -0.2) is 13.4 Å². The largest absolute Gasteiger partial charge is 0.489 e. The Labute approximate surface area is 131 Å². The van der Waals surface area contributed by atoms with Crippen molar-refractivity contribution in [1.29, 1.82) is 0 Å². The van der Waals surface area contributed by atoms with Crippen molar-refractivity contribution >= 4 is 26.8 Å². The predicted molar refractivity (Wildman–Crippen MR) is 80.8 cm³/mol. The molecule has 0 aliphatic carbocycles. The SMILES string of the molecule is Cc1noc2ncc(S(=O)(=O)N3CCOc4ccncc43)cc12. The van der Waals surface area contributed by atoms with Crippen LogP contribution in [-0.2, 0) is 10.0 Å². The van der Waals surface area contributed by atoms with Gasteiger partial charge in [-0.15, -0.1) is 0 Å². The number of pyridine rings is 2. The van der Waals surface area contributed by atoms with Gasteiger partial charge >= 0.3 is 0 Å². The van der Waals surface area contributed by atoms with Crippen molar-refractivity contribution in [2.75, 3.05) is 17.5 Å². The zero-order chi connectivity index (χ0) is 16.0. The maximum absolute atomic E-state index is 13.0. The van der Waals surface area contributed by atoms with Crippen LogP contribution in [0.5, 0.6) is 5.75 Å². The molecule has 0 unspecified atom stereocenters. The van der Waals surface area contributed by atoms with Gasteiger partial charge in [0.1, 0.15) is 22.9 Å². The van der Waals surface area contributed by atoms with E-state index in [1.807, 2.05) is 0 Å². The second-order valence-electron chi connectivity index (χ2n) is 5.06. The summed E-state index contributed by atoms with van der Waals surface area (Å²) in [5, 5.41) is 4.37. The first kappa shape index (κ1) is 13.9. The van der Waals surface area contributed by atoms with Crippen LogP contribution in [0.4, 0.5) is 5.69 Å². The molecule has 0 atom stereocenters. The van der Waals surface area contributed by atoms with Gasteiger partial charge in [0.2, 0.25) is 0 Å². The Bertz CT molecular complexity index is 999. The molecule has 0 amide bonds. The van der Waals surface area contributed by atoms with E-state index >= 15 is 0 Å². The molecule has 0 radical (unpaired) electrons. The van der Waals surface area contributed by atoms with Crippen molar-refractivity contribution in [2.45, 2.75) is 11.8 Å². The average Bonchev–Trinajstić information content (AvgIpc) is 2.95. The third-order valence-electron chi connectivity index (χ3n) is 3.65. The molecule has 4 heterocycles. The molecule has 0 saturated heterocycles. The summed E-state index contributed by atoms with van der Waals surface area (Å²) >= 11 is 0. The average molecular weight is 332 g/mol. The number of hydrogen-bond acceptors (Lipinski definition) is 7.